The Labute approximate surface area is 96.2 Å². The van der Waals surface area contributed by atoms with Crippen molar-refractivity contribution in [3.05, 3.63) is 34.5 Å². The molecular formula is C12H20N2S. The molecule has 0 saturated carbocycles. The molecule has 1 heterocycles. The monoisotopic (exact) mass is 224 g/mol. The van der Waals surface area contributed by atoms with Gasteiger partial charge in [-0.1, -0.05) is 11.6 Å². The number of hydrogen-bond acceptors (Lipinski definition) is 3. The third-order valence-electron chi connectivity index (χ3n) is 2.39. The highest BCUT2D eigenvalue weighted by atomic mass is 32.1. The third kappa shape index (κ3) is 5.11. The highest BCUT2D eigenvalue weighted by molar-refractivity contribution is 7.09. The lowest BCUT2D eigenvalue weighted by molar-refractivity contribution is 0.476. The van der Waals surface area contributed by atoms with Crippen LogP contribution in [0.4, 0.5) is 0 Å². The van der Waals surface area contributed by atoms with Gasteiger partial charge in [-0.3, -0.25) is 11.3 Å². The van der Waals surface area contributed by atoms with Gasteiger partial charge in [-0.2, -0.15) is 0 Å². The van der Waals surface area contributed by atoms with E-state index in [0.717, 1.165) is 19.3 Å². The van der Waals surface area contributed by atoms with Crippen LogP contribution in [0.3, 0.4) is 0 Å². The molecular weight excluding hydrogens is 204 g/mol. The van der Waals surface area contributed by atoms with E-state index in [4.69, 9.17) is 5.84 Å². The summed E-state index contributed by atoms with van der Waals surface area (Å²) in [4.78, 5) is 1.46. The van der Waals surface area contributed by atoms with Crippen molar-refractivity contribution in [3.63, 3.8) is 0 Å². The number of hydrogen-bond donors (Lipinski definition) is 2. The van der Waals surface area contributed by atoms with E-state index in [1.165, 1.54) is 16.9 Å². The Morgan fingerprint density at radius 1 is 1.67 bits per heavy atom. The van der Waals surface area contributed by atoms with E-state index in [-0.39, 0.29) is 0 Å². The van der Waals surface area contributed by atoms with E-state index < -0.39 is 0 Å². The minimum atomic E-state index is 0.377. The molecule has 3 heteroatoms. The van der Waals surface area contributed by atoms with E-state index >= 15 is 0 Å². The smallest absolute Gasteiger partial charge is 0.0247 e. The maximum Gasteiger partial charge on any atom is 0.0247 e. The van der Waals surface area contributed by atoms with Gasteiger partial charge < -0.3 is 0 Å². The van der Waals surface area contributed by atoms with Gasteiger partial charge in [0.25, 0.3) is 0 Å². The molecule has 1 unspecified atom stereocenters. The Bertz CT molecular complexity index is 280. The highest BCUT2D eigenvalue weighted by Gasteiger charge is 2.06. The quantitative estimate of drug-likeness (QED) is 0.424. The van der Waals surface area contributed by atoms with Gasteiger partial charge in [0.05, 0.1) is 0 Å². The van der Waals surface area contributed by atoms with E-state index in [9.17, 15) is 0 Å². The van der Waals surface area contributed by atoms with Crippen molar-refractivity contribution in [2.24, 2.45) is 5.84 Å². The van der Waals surface area contributed by atoms with Crippen molar-refractivity contribution in [1.82, 2.24) is 5.43 Å². The van der Waals surface area contributed by atoms with Crippen LogP contribution < -0.4 is 11.3 Å². The predicted octanol–water partition coefficient (Wildman–Crippen LogP) is 2.87. The van der Waals surface area contributed by atoms with Crippen molar-refractivity contribution < 1.29 is 0 Å². The van der Waals surface area contributed by atoms with Gasteiger partial charge in [-0.15, -0.1) is 17.9 Å². The van der Waals surface area contributed by atoms with Crippen LogP contribution >= 0.6 is 11.3 Å². The first-order valence-electron chi connectivity index (χ1n) is 5.35. The van der Waals surface area contributed by atoms with Crippen molar-refractivity contribution >= 4 is 11.3 Å². The molecule has 0 spiro atoms. The Kier molecular flexibility index (Phi) is 5.61. The van der Waals surface area contributed by atoms with Gasteiger partial charge in [-0.05, 0) is 44.1 Å². The van der Waals surface area contributed by atoms with Crippen LogP contribution in [0, 0.1) is 0 Å². The molecule has 1 aromatic rings. The fourth-order valence-corrected chi connectivity index (χ4v) is 2.39. The Morgan fingerprint density at radius 2 is 2.47 bits per heavy atom. The molecule has 0 aliphatic rings. The van der Waals surface area contributed by atoms with Crippen molar-refractivity contribution in [2.75, 3.05) is 0 Å². The molecule has 0 aromatic carbocycles. The molecule has 15 heavy (non-hydrogen) atoms. The summed E-state index contributed by atoms with van der Waals surface area (Å²) in [6.07, 6.45) is 4.43. The summed E-state index contributed by atoms with van der Waals surface area (Å²) >= 11 is 1.83. The normalized spacial score (nSPS) is 12.7. The summed E-state index contributed by atoms with van der Waals surface area (Å²) in [5.74, 6) is 5.49. The Hall–Kier alpha value is -0.640. The summed E-state index contributed by atoms with van der Waals surface area (Å²) in [5, 5.41) is 2.13. The summed E-state index contributed by atoms with van der Waals surface area (Å²) < 4.78 is 0. The molecule has 84 valence electrons. The van der Waals surface area contributed by atoms with E-state index in [1.54, 1.807) is 0 Å². The van der Waals surface area contributed by atoms with E-state index in [2.05, 4.69) is 29.5 Å². The molecule has 0 bridgehead atoms. The summed E-state index contributed by atoms with van der Waals surface area (Å²) in [6.45, 7) is 5.95. The van der Waals surface area contributed by atoms with Crippen LogP contribution in [0.2, 0.25) is 0 Å². The van der Waals surface area contributed by atoms with Gasteiger partial charge >= 0.3 is 0 Å². The first kappa shape index (κ1) is 12.4. The van der Waals surface area contributed by atoms with Crippen molar-refractivity contribution in [2.45, 2.75) is 38.6 Å². The lowest BCUT2D eigenvalue weighted by Crippen LogP contribution is -2.35. The minimum absolute atomic E-state index is 0.377. The maximum atomic E-state index is 5.49. The highest BCUT2D eigenvalue weighted by Crippen LogP contribution is 2.14. The molecule has 0 amide bonds. The van der Waals surface area contributed by atoms with Crippen LogP contribution in [0.25, 0.3) is 0 Å². The fraction of sp³-hybridized carbons (Fsp3) is 0.500. The van der Waals surface area contributed by atoms with Crippen molar-refractivity contribution in [3.8, 4) is 0 Å². The average Bonchev–Trinajstić information content (AvgIpc) is 2.68. The van der Waals surface area contributed by atoms with Crippen LogP contribution in [0.1, 0.15) is 31.1 Å². The largest absolute Gasteiger partial charge is 0.271 e. The minimum Gasteiger partial charge on any atom is -0.271 e. The molecule has 0 fully saturated rings. The van der Waals surface area contributed by atoms with Crippen LogP contribution in [-0.2, 0) is 6.42 Å². The van der Waals surface area contributed by atoms with E-state index in [1.807, 2.05) is 18.3 Å². The van der Waals surface area contributed by atoms with Crippen LogP contribution in [0.5, 0.6) is 0 Å². The molecule has 0 aliphatic carbocycles. The number of thiophene rings is 1. The predicted molar refractivity (Wildman–Crippen MR) is 67.8 cm³/mol. The Morgan fingerprint density at radius 3 is 3.00 bits per heavy atom. The zero-order valence-electron chi connectivity index (χ0n) is 9.33. The molecule has 0 radical (unpaired) electrons. The zero-order valence-corrected chi connectivity index (χ0v) is 10.1. The lowest BCUT2D eigenvalue weighted by atomic mass is 10.0. The maximum absolute atomic E-state index is 5.49. The van der Waals surface area contributed by atoms with Gasteiger partial charge in [0.15, 0.2) is 0 Å². The number of aryl methyl sites for hydroxylation is 1. The van der Waals surface area contributed by atoms with Gasteiger partial charge in [0.1, 0.15) is 0 Å². The van der Waals surface area contributed by atoms with Crippen LogP contribution in [0.15, 0.2) is 29.7 Å². The van der Waals surface area contributed by atoms with Gasteiger partial charge in [-0.25, -0.2) is 0 Å². The molecule has 3 N–H and O–H groups in total. The van der Waals surface area contributed by atoms with E-state index in [0.29, 0.717) is 6.04 Å². The summed E-state index contributed by atoms with van der Waals surface area (Å²) in [7, 11) is 0. The van der Waals surface area contributed by atoms with Gasteiger partial charge in [0, 0.05) is 10.9 Å². The third-order valence-corrected chi connectivity index (χ3v) is 3.32. The summed E-state index contributed by atoms with van der Waals surface area (Å²) in [6, 6.07) is 4.67. The summed E-state index contributed by atoms with van der Waals surface area (Å²) in [5.41, 5.74) is 4.05. The van der Waals surface area contributed by atoms with Crippen molar-refractivity contribution in [1.29, 1.82) is 0 Å². The molecule has 1 rings (SSSR count). The first-order chi connectivity index (χ1) is 7.22. The second kappa shape index (κ2) is 6.77. The molecule has 0 aliphatic heterocycles. The van der Waals surface area contributed by atoms with Gasteiger partial charge in [0.2, 0.25) is 0 Å². The number of nitrogens with one attached hydrogen (secondary N) is 1. The fourth-order valence-electron chi connectivity index (χ4n) is 1.64. The number of hydrazine groups is 1. The molecule has 1 aromatic heterocycles. The standard InChI is InChI=1S/C12H20N2S/c1-10(2)9-11(14-13)5-3-6-12-7-4-8-15-12/h4,7-8,11,14H,1,3,5-6,9,13H2,2H3. The number of nitrogens with two attached hydrogens (primary N) is 1. The first-order valence-corrected chi connectivity index (χ1v) is 6.23. The lowest BCUT2D eigenvalue weighted by Gasteiger charge is -2.15. The SMILES string of the molecule is C=C(C)CC(CCCc1cccs1)NN. The second-order valence-corrected chi connectivity index (χ2v) is 5.03. The van der Waals surface area contributed by atoms with Crippen LogP contribution in [-0.4, -0.2) is 6.04 Å². The molecule has 0 saturated heterocycles. The zero-order chi connectivity index (χ0) is 11.1. The molecule has 1 atom stereocenters. The number of rotatable bonds is 7. The topological polar surface area (TPSA) is 38.0 Å². The Balaban J connectivity index is 2.20. The second-order valence-electron chi connectivity index (χ2n) is 4.00. The average molecular weight is 224 g/mol. The molecule has 2 nitrogen and oxygen atoms in total.